The van der Waals surface area contributed by atoms with Crippen molar-refractivity contribution in [1.29, 1.82) is 0 Å². The molecule has 0 aliphatic heterocycles. The van der Waals surface area contributed by atoms with Crippen molar-refractivity contribution in [3.8, 4) is 0 Å². The van der Waals surface area contributed by atoms with Crippen LogP contribution >= 0.6 is 11.6 Å². The van der Waals surface area contributed by atoms with E-state index in [1.807, 2.05) is 0 Å². The molecule has 0 heterocycles. The van der Waals surface area contributed by atoms with E-state index >= 15 is 0 Å². The average Bonchev–Trinajstić information content (AvgIpc) is 1.89. The zero-order chi connectivity index (χ0) is 6.95. The number of rotatable bonds is 6. The molecule has 0 saturated heterocycles. The van der Waals surface area contributed by atoms with E-state index in [4.69, 9.17) is 11.6 Å². The van der Waals surface area contributed by atoms with Gasteiger partial charge in [-0.05, 0) is 6.42 Å². The summed E-state index contributed by atoms with van der Waals surface area (Å²) in [4.78, 5) is 0. The van der Waals surface area contributed by atoms with Crippen molar-refractivity contribution in [3.63, 3.8) is 0 Å². The Morgan fingerprint density at radius 2 is 1.40 bits per heavy atom. The van der Waals surface area contributed by atoms with E-state index in [1.165, 1.54) is 32.1 Å². The van der Waals surface area contributed by atoms with Crippen molar-refractivity contribution in [2.75, 3.05) is 5.88 Å². The van der Waals surface area contributed by atoms with Gasteiger partial charge in [-0.25, -0.2) is 0 Å². The number of unbranched alkanes of at least 4 members (excludes halogenated alkanes) is 5. The molecule has 0 N–H and O–H groups in total. The summed E-state index contributed by atoms with van der Waals surface area (Å²) in [7, 11) is 0. The van der Waals surface area contributed by atoms with Crippen molar-refractivity contribution in [3.05, 3.63) is 6.92 Å². The number of hydrogen-bond acceptors (Lipinski definition) is 0. The average molecular weight is 172 g/mol. The van der Waals surface area contributed by atoms with Crippen molar-refractivity contribution in [1.82, 2.24) is 0 Å². The molecule has 0 saturated carbocycles. The molecule has 0 aliphatic rings. The third-order valence-corrected chi connectivity index (χ3v) is 1.65. The third kappa shape index (κ3) is 12.0. The van der Waals surface area contributed by atoms with Crippen LogP contribution in [-0.2, 0) is 0 Å². The van der Waals surface area contributed by atoms with Gasteiger partial charge >= 0.3 is 29.6 Å². The monoisotopic (exact) mass is 171 g/mol. The van der Waals surface area contributed by atoms with E-state index in [2.05, 4.69) is 6.92 Å². The zero-order valence-electron chi connectivity index (χ0n) is 6.03. The molecule has 0 spiro atoms. The third-order valence-electron chi connectivity index (χ3n) is 1.38. The molecular formula is C8H17ClNa. The fraction of sp³-hybridized carbons (Fsp3) is 0.875. The molecule has 0 atom stereocenters. The second kappa shape index (κ2) is 12.9. The summed E-state index contributed by atoms with van der Waals surface area (Å²) in [6.45, 7) is 3.78. The molecule has 0 fully saturated rings. The van der Waals surface area contributed by atoms with E-state index in [0.717, 1.165) is 12.3 Å². The molecular weight excluding hydrogens is 155 g/mol. The van der Waals surface area contributed by atoms with E-state index in [-0.39, 0.29) is 29.6 Å². The van der Waals surface area contributed by atoms with Gasteiger partial charge < -0.3 is 0 Å². The van der Waals surface area contributed by atoms with Gasteiger partial charge in [0.2, 0.25) is 0 Å². The molecule has 0 aromatic rings. The second-order valence-electron chi connectivity index (χ2n) is 2.31. The Balaban J connectivity index is 0. The molecule has 0 nitrogen and oxygen atoms in total. The first-order valence-electron chi connectivity index (χ1n) is 3.77. The number of halogens is 1. The SMILES string of the molecule is [CH2]CCCCCCCCl.[NaH]. The fourth-order valence-electron chi connectivity index (χ4n) is 0.802. The summed E-state index contributed by atoms with van der Waals surface area (Å²) < 4.78 is 0. The predicted molar refractivity (Wildman–Crippen MR) is 50.9 cm³/mol. The first-order valence-corrected chi connectivity index (χ1v) is 4.30. The molecule has 1 radical (unpaired) electrons. The first kappa shape index (κ1) is 13.9. The Hall–Kier alpha value is 1.29. The van der Waals surface area contributed by atoms with Gasteiger partial charge in [-0.3, -0.25) is 0 Å². The van der Waals surface area contributed by atoms with Crippen LogP contribution in [0.1, 0.15) is 38.5 Å². The van der Waals surface area contributed by atoms with Crippen LogP contribution in [0.5, 0.6) is 0 Å². The van der Waals surface area contributed by atoms with Crippen LogP contribution in [-0.4, -0.2) is 35.4 Å². The van der Waals surface area contributed by atoms with Crippen molar-refractivity contribution in [2.45, 2.75) is 38.5 Å². The quantitative estimate of drug-likeness (QED) is 0.328. The maximum absolute atomic E-state index is 5.50. The van der Waals surface area contributed by atoms with Gasteiger partial charge in [0.25, 0.3) is 0 Å². The van der Waals surface area contributed by atoms with Gasteiger partial charge in [0.05, 0.1) is 0 Å². The zero-order valence-corrected chi connectivity index (χ0v) is 6.79. The first-order chi connectivity index (χ1) is 4.41. The molecule has 0 aromatic heterocycles. The molecule has 0 aliphatic carbocycles. The number of alkyl halides is 1. The summed E-state index contributed by atoms with van der Waals surface area (Å²) in [6.07, 6.45) is 7.51. The van der Waals surface area contributed by atoms with Gasteiger partial charge in [0.15, 0.2) is 0 Å². The van der Waals surface area contributed by atoms with Gasteiger partial charge in [0, 0.05) is 5.88 Å². The van der Waals surface area contributed by atoms with Crippen LogP contribution in [0.2, 0.25) is 0 Å². The van der Waals surface area contributed by atoms with Crippen LogP contribution < -0.4 is 0 Å². The summed E-state index contributed by atoms with van der Waals surface area (Å²) in [5.74, 6) is 0.824. The topological polar surface area (TPSA) is 0 Å². The van der Waals surface area contributed by atoms with Gasteiger partial charge in [0.1, 0.15) is 0 Å². The maximum atomic E-state index is 5.50. The van der Waals surface area contributed by atoms with Gasteiger partial charge in [-0.15, -0.1) is 11.6 Å². The van der Waals surface area contributed by atoms with Crippen molar-refractivity contribution in [2.24, 2.45) is 0 Å². The molecule has 57 valence electrons. The Morgan fingerprint density at radius 3 is 1.90 bits per heavy atom. The molecule has 0 aromatic carbocycles. The van der Waals surface area contributed by atoms with Crippen LogP contribution in [0.4, 0.5) is 0 Å². The Bertz CT molecular complexity index is 42.5. The van der Waals surface area contributed by atoms with Crippen molar-refractivity contribution >= 4 is 41.2 Å². The fourth-order valence-corrected chi connectivity index (χ4v) is 0.991. The summed E-state index contributed by atoms with van der Waals surface area (Å²) >= 11 is 5.50. The summed E-state index contributed by atoms with van der Waals surface area (Å²) in [5.41, 5.74) is 0. The Labute approximate surface area is 92.0 Å². The minimum absolute atomic E-state index is 0. The summed E-state index contributed by atoms with van der Waals surface area (Å²) in [6, 6.07) is 0. The normalized spacial score (nSPS) is 9.00. The molecule has 10 heavy (non-hydrogen) atoms. The van der Waals surface area contributed by atoms with E-state index in [1.54, 1.807) is 0 Å². The summed E-state index contributed by atoms with van der Waals surface area (Å²) in [5, 5.41) is 0. The van der Waals surface area contributed by atoms with Crippen LogP contribution in [0.15, 0.2) is 0 Å². The molecule has 0 amide bonds. The molecule has 0 unspecified atom stereocenters. The van der Waals surface area contributed by atoms with E-state index in [9.17, 15) is 0 Å². The van der Waals surface area contributed by atoms with Crippen LogP contribution in [0.25, 0.3) is 0 Å². The Kier molecular flexibility index (Phi) is 17.9. The van der Waals surface area contributed by atoms with Crippen molar-refractivity contribution < 1.29 is 0 Å². The van der Waals surface area contributed by atoms with Crippen LogP contribution in [0.3, 0.4) is 0 Å². The van der Waals surface area contributed by atoms with Crippen LogP contribution in [0, 0.1) is 6.92 Å². The molecule has 0 rings (SSSR count). The minimum atomic E-state index is 0. The Morgan fingerprint density at radius 1 is 0.900 bits per heavy atom. The van der Waals surface area contributed by atoms with Gasteiger partial charge in [-0.2, -0.15) is 0 Å². The van der Waals surface area contributed by atoms with E-state index in [0.29, 0.717) is 0 Å². The standard InChI is InChI=1S/C8H16Cl.Na.H/c1-2-3-4-5-6-7-8-9;;/h1-8H2;;. The second-order valence-corrected chi connectivity index (χ2v) is 2.69. The predicted octanol–water partition coefficient (Wildman–Crippen LogP) is 2.75. The number of hydrogen-bond donors (Lipinski definition) is 0. The molecule has 0 bridgehead atoms. The molecule has 2 heteroatoms. The van der Waals surface area contributed by atoms with Gasteiger partial charge in [-0.1, -0.05) is 39.0 Å². The van der Waals surface area contributed by atoms with E-state index < -0.39 is 0 Å².